The van der Waals surface area contributed by atoms with E-state index in [-0.39, 0.29) is 12.5 Å². The zero-order chi connectivity index (χ0) is 35.6. The van der Waals surface area contributed by atoms with Gasteiger partial charge in [-0.15, -0.1) is 0 Å². The molecule has 2 aliphatic rings. The molecule has 2 fully saturated rings. The van der Waals surface area contributed by atoms with Gasteiger partial charge in [0.25, 0.3) is 0 Å². The molecule has 0 saturated carbocycles. The Morgan fingerprint density at radius 1 is 0.784 bits per heavy atom. The molecule has 0 bridgehead atoms. The number of amides is 2. The highest BCUT2D eigenvalue weighted by molar-refractivity contribution is 5.95. The van der Waals surface area contributed by atoms with Gasteiger partial charge in [0.2, 0.25) is 11.8 Å². The van der Waals surface area contributed by atoms with Gasteiger partial charge in [-0.2, -0.15) is 13.2 Å². The number of alkyl halides is 3. The number of morpholine rings is 1. The molecule has 0 spiro atoms. The third-order valence-corrected chi connectivity index (χ3v) is 9.30. The van der Waals surface area contributed by atoms with Crippen molar-refractivity contribution in [1.82, 2.24) is 19.7 Å². The number of pyridine rings is 1. The van der Waals surface area contributed by atoms with Crippen LogP contribution in [0.2, 0.25) is 0 Å². The number of anilines is 1. The zero-order valence-corrected chi connectivity index (χ0v) is 28.4. The van der Waals surface area contributed by atoms with Crippen LogP contribution in [-0.4, -0.2) is 90.0 Å². The number of halogens is 3. The number of piperazine rings is 1. The van der Waals surface area contributed by atoms with Gasteiger partial charge in [-0.05, 0) is 46.5 Å². The molecule has 3 heterocycles. The summed E-state index contributed by atoms with van der Waals surface area (Å²) in [5.74, 6) is 0.240. The smallest absolute Gasteiger partial charge is 0.378 e. The molecule has 8 nitrogen and oxygen atoms in total. The minimum Gasteiger partial charge on any atom is -0.378 e. The van der Waals surface area contributed by atoms with Crippen LogP contribution in [0.3, 0.4) is 0 Å². The van der Waals surface area contributed by atoms with Crippen molar-refractivity contribution in [2.75, 3.05) is 57.4 Å². The first-order valence-electron chi connectivity index (χ1n) is 17.3. The number of ether oxygens (including phenoxy) is 1. The van der Waals surface area contributed by atoms with Crippen LogP contribution in [0.4, 0.5) is 19.0 Å². The van der Waals surface area contributed by atoms with Gasteiger partial charge in [-0.25, -0.2) is 4.98 Å². The predicted octanol–water partition coefficient (Wildman–Crippen LogP) is 5.93. The highest BCUT2D eigenvalue weighted by Crippen LogP contribution is 2.29. The average Bonchev–Trinajstić information content (AvgIpc) is 3.16. The van der Waals surface area contributed by atoms with E-state index < -0.39 is 23.7 Å². The standard InChI is InChI=1S/C40H42F3N5O3/c41-40(42,43)35-15-11-31(12-16-35)14-18-38(49)48(30-34-13-17-37(44-28-34)46-23-25-51-26-24-46)36(27-32-7-3-1-4-8-32)39(50)47-21-19-45(20-22-47)29-33-9-5-2-6-10-33/h1-18,28,36H,19-27,29-30H2/b18-14+/t36-/m0/s1. The number of hydrogen-bond donors (Lipinski definition) is 0. The molecule has 0 unspecified atom stereocenters. The first-order chi connectivity index (χ1) is 24.7. The normalized spacial score (nSPS) is 16.3. The molecule has 2 aliphatic heterocycles. The molecule has 0 N–H and O–H groups in total. The number of carbonyl (C=O) groups is 2. The Kier molecular flexibility index (Phi) is 11.8. The van der Waals surface area contributed by atoms with Crippen molar-refractivity contribution >= 4 is 23.7 Å². The molecule has 1 aromatic heterocycles. The molecule has 51 heavy (non-hydrogen) atoms. The van der Waals surface area contributed by atoms with E-state index >= 15 is 0 Å². The van der Waals surface area contributed by atoms with Gasteiger partial charge in [0.1, 0.15) is 11.9 Å². The van der Waals surface area contributed by atoms with Crippen LogP contribution in [0.15, 0.2) is 109 Å². The fourth-order valence-electron chi connectivity index (χ4n) is 6.42. The summed E-state index contributed by atoms with van der Waals surface area (Å²) < 4.78 is 45.0. The lowest BCUT2D eigenvalue weighted by Crippen LogP contribution is -2.56. The van der Waals surface area contributed by atoms with E-state index in [9.17, 15) is 22.8 Å². The summed E-state index contributed by atoms with van der Waals surface area (Å²) in [6.45, 7) is 6.08. The molecule has 266 valence electrons. The van der Waals surface area contributed by atoms with Gasteiger partial charge in [0, 0.05) is 71.1 Å². The van der Waals surface area contributed by atoms with Crippen LogP contribution in [-0.2, 0) is 40.0 Å². The van der Waals surface area contributed by atoms with E-state index in [0.717, 1.165) is 48.7 Å². The molecular weight excluding hydrogens is 655 g/mol. The predicted molar refractivity (Wildman–Crippen MR) is 191 cm³/mol. The molecule has 0 radical (unpaired) electrons. The van der Waals surface area contributed by atoms with Crippen LogP contribution in [0.25, 0.3) is 6.08 Å². The van der Waals surface area contributed by atoms with E-state index in [1.165, 1.54) is 29.8 Å². The summed E-state index contributed by atoms with van der Waals surface area (Å²) in [7, 11) is 0. The fraction of sp³-hybridized carbons (Fsp3) is 0.325. The van der Waals surface area contributed by atoms with Gasteiger partial charge >= 0.3 is 6.18 Å². The van der Waals surface area contributed by atoms with Gasteiger partial charge in [0.05, 0.1) is 18.8 Å². The summed E-state index contributed by atoms with van der Waals surface area (Å²) in [5, 5.41) is 0. The van der Waals surface area contributed by atoms with Gasteiger partial charge in [0.15, 0.2) is 0 Å². The monoisotopic (exact) mass is 697 g/mol. The topological polar surface area (TPSA) is 69.2 Å². The maximum absolute atomic E-state index is 14.5. The Morgan fingerprint density at radius 3 is 2.04 bits per heavy atom. The Hall–Kier alpha value is -5.00. The fourth-order valence-corrected chi connectivity index (χ4v) is 6.42. The van der Waals surface area contributed by atoms with Crippen LogP contribution < -0.4 is 4.90 Å². The molecule has 4 aromatic rings. The summed E-state index contributed by atoms with van der Waals surface area (Å²) in [6, 6.07) is 27.5. The zero-order valence-electron chi connectivity index (χ0n) is 28.4. The van der Waals surface area contributed by atoms with E-state index in [2.05, 4.69) is 26.9 Å². The van der Waals surface area contributed by atoms with Gasteiger partial charge in [-0.1, -0.05) is 78.9 Å². The second-order valence-corrected chi connectivity index (χ2v) is 12.8. The third-order valence-electron chi connectivity index (χ3n) is 9.30. The van der Waals surface area contributed by atoms with Crippen molar-refractivity contribution in [3.8, 4) is 0 Å². The van der Waals surface area contributed by atoms with Crippen molar-refractivity contribution in [2.45, 2.75) is 31.7 Å². The summed E-state index contributed by atoms with van der Waals surface area (Å²) in [6.07, 6.45) is 0.390. The molecule has 6 rings (SSSR count). The summed E-state index contributed by atoms with van der Waals surface area (Å²) in [5.41, 5.74) is 2.54. The van der Waals surface area contributed by atoms with Crippen molar-refractivity contribution in [3.05, 3.63) is 137 Å². The van der Waals surface area contributed by atoms with Crippen LogP contribution in [0, 0.1) is 0 Å². The molecular formula is C40H42F3N5O3. The van der Waals surface area contributed by atoms with E-state index in [1.807, 2.05) is 65.6 Å². The van der Waals surface area contributed by atoms with Crippen LogP contribution >= 0.6 is 0 Å². The number of benzene rings is 3. The quantitative estimate of drug-likeness (QED) is 0.181. The molecule has 11 heteroatoms. The average molecular weight is 698 g/mol. The number of hydrogen-bond acceptors (Lipinski definition) is 6. The van der Waals surface area contributed by atoms with Gasteiger partial charge < -0.3 is 19.4 Å². The number of carbonyl (C=O) groups excluding carboxylic acids is 2. The largest absolute Gasteiger partial charge is 0.416 e. The summed E-state index contributed by atoms with van der Waals surface area (Å²) >= 11 is 0. The number of aromatic nitrogens is 1. The molecule has 3 aromatic carbocycles. The third kappa shape index (κ3) is 9.83. The second-order valence-electron chi connectivity index (χ2n) is 12.8. The summed E-state index contributed by atoms with van der Waals surface area (Å²) in [4.78, 5) is 41.2. The lowest BCUT2D eigenvalue weighted by atomic mass is 10.0. The van der Waals surface area contributed by atoms with E-state index in [4.69, 9.17) is 4.74 Å². The van der Waals surface area contributed by atoms with Crippen molar-refractivity contribution in [3.63, 3.8) is 0 Å². The van der Waals surface area contributed by atoms with Crippen molar-refractivity contribution in [1.29, 1.82) is 0 Å². The number of rotatable bonds is 11. The highest BCUT2D eigenvalue weighted by Gasteiger charge is 2.34. The highest BCUT2D eigenvalue weighted by atomic mass is 19.4. The lowest BCUT2D eigenvalue weighted by molar-refractivity contribution is -0.145. The molecule has 0 aliphatic carbocycles. The Bertz CT molecular complexity index is 1740. The van der Waals surface area contributed by atoms with Gasteiger partial charge in [-0.3, -0.25) is 14.5 Å². The molecule has 1 atom stereocenters. The Labute approximate surface area is 296 Å². The van der Waals surface area contributed by atoms with Crippen molar-refractivity contribution in [2.24, 2.45) is 0 Å². The Balaban J connectivity index is 1.26. The lowest BCUT2D eigenvalue weighted by Gasteiger charge is -2.39. The van der Waals surface area contributed by atoms with Crippen LogP contribution in [0.1, 0.15) is 27.8 Å². The molecule has 2 amide bonds. The molecule has 2 saturated heterocycles. The SMILES string of the molecule is O=C([C@H](Cc1ccccc1)N(Cc1ccc(N2CCOCC2)nc1)C(=O)/C=C/c1ccc(C(F)(F)F)cc1)N1CCN(Cc2ccccc2)CC1. The second kappa shape index (κ2) is 16.8. The maximum Gasteiger partial charge on any atom is 0.416 e. The Morgan fingerprint density at radius 2 is 1.43 bits per heavy atom. The number of nitrogens with zero attached hydrogens (tertiary/aromatic N) is 5. The van der Waals surface area contributed by atoms with Crippen LogP contribution in [0.5, 0.6) is 0 Å². The van der Waals surface area contributed by atoms with Crippen molar-refractivity contribution < 1.29 is 27.5 Å². The maximum atomic E-state index is 14.5. The first-order valence-corrected chi connectivity index (χ1v) is 17.3. The van der Waals surface area contributed by atoms with E-state index in [0.29, 0.717) is 51.4 Å². The van der Waals surface area contributed by atoms with E-state index in [1.54, 1.807) is 11.1 Å². The first kappa shape index (κ1) is 35.8. The minimum absolute atomic E-state index is 0.115. The minimum atomic E-state index is -4.46.